The minimum Gasteiger partial charge on any atom is -0.487 e. The summed E-state index contributed by atoms with van der Waals surface area (Å²) >= 11 is 0. The second-order valence-corrected chi connectivity index (χ2v) is 6.12. The van der Waals surface area contributed by atoms with Gasteiger partial charge >= 0.3 is 5.97 Å². The summed E-state index contributed by atoms with van der Waals surface area (Å²) in [7, 11) is 0. The van der Waals surface area contributed by atoms with Crippen LogP contribution in [0.15, 0.2) is 60.8 Å². The molecule has 0 saturated heterocycles. The van der Waals surface area contributed by atoms with Crippen molar-refractivity contribution in [2.75, 3.05) is 5.32 Å². The van der Waals surface area contributed by atoms with Crippen LogP contribution in [0.2, 0.25) is 0 Å². The van der Waals surface area contributed by atoms with Crippen molar-refractivity contribution in [1.29, 1.82) is 0 Å². The maximum Gasteiger partial charge on any atom is 0.307 e. The average molecular weight is 352 g/mol. The fraction of sp³-hybridized carbons (Fsp3) is 0.250. The van der Waals surface area contributed by atoms with E-state index in [1.165, 1.54) is 0 Å². The Morgan fingerprint density at radius 1 is 1.12 bits per heavy atom. The molecule has 0 aliphatic heterocycles. The number of nitrogens with one attached hydrogen (secondary N) is 1. The van der Waals surface area contributed by atoms with Crippen LogP contribution in [0.1, 0.15) is 18.5 Å². The summed E-state index contributed by atoms with van der Waals surface area (Å²) in [6.45, 7) is 0.326. The van der Waals surface area contributed by atoms with Crippen LogP contribution in [0.5, 0.6) is 5.75 Å². The third-order valence-corrected chi connectivity index (χ3v) is 4.30. The number of allylic oxidation sites excluding steroid dienone is 2. The number of hydrogen-bond donors (Lipinski definition) is 2. The normalized spacial score (nSPS) is 18.9. The van der Waals surface area contributed by atoms with Gasteiger partial charge in [0, 0.05) is 18.0 Å². The van der Waals surface area contributed by atoms with Crippen molar-refractivity contribution < 1.29 is 19.4 Å². The Kier molecular flexibility index (Phi) is 5.63. The molecule has 26 heavy (non-hydrogen) atoms. The molecule has 134 valence electrons. The van der Waals surface area contributed by atoms with E-state index in [0.29, 0.717) is 30.9 Å². The molecule has 0 fully saturated rings. The van der Waals surface area contributed by atoms with Gasteiger partial charge in [0.1, 0.15) is 12.4 Å². The van der Waals surface area contributed by atoms with Crippen LogP contribution in [0, 0.1) is 11.8 Å². The number of rotatable bonds is 6. The Hall–Kier alpha value is -3.15. The third-order valence-electron chi connectivity index (χ3n) is 4.30. The highest BCUT2D eigenvalue weighted by atomic mass is 16.5. The number of carbonyl (C=O) groups is 2. The van der Waals surface area contributed by atoms with Crippen molar-refractivity contribution in [2.45, 2.75) is 19.4 Å². The average Bonchev–Trinajstić information content (AvgIpc) is 2.67. The highest BCUT2D eigenvalue weighted by molar-refractivity contribution is 5.95. The van der Waals surface area contributed by atoms with E-state index >= 15 is 0 Å². The van der Waals surface area contributed by atoms with Gasteiger partial charge in [-0.05, 0) is 37.1 Å². The van der Waals surface area contributed by atoms with Gasteiger partial charge in [-0.2, -0.15) is 0 Å². The molecule has 2 N–H and O–H groups in total. The number of amides is 1. The van der Waals surface area contributed by atoms with Gasteiger partial charge in [0.15, 0.2) is 0 Å². The number of anilines is 1. The molecular formula is C20H20N2O4. The molecule has 2 aromatic rings. The van der Waals surface area contributed by atoms with Gasteiger partial charge in [0.25, 0.3) is 0 Å². The molecule has 3 rings (SSSR count). The molecule has 6 heteroatoms. The van der Waals surface area contributed by atoms with E-state index in [1.54, 1.807) is 30.5 Å². The SMILES string of the molecule is O=C(O)[C@H]1CC=CC[C@@H]1C(=O)Nc1cccc(OCc2ccccn2)c1. The van der Waals surface area contributed by atoms with Crippen LogP contribution < -0.4 is 10.1 Å². The Morgan fingerprint density at radius 3 is 2.65 bits per heavy atom. The maximum atomic E-state index is 12.5. The van der Waals surface area contributed by atoms with Gasteiger partial charge in [-0.1, -0.05) is 24.3 Å². The van der Waals surface area contributed by atoms with Crippen LogP contribution in [0.25, 0.3) is 0 Å². The smallest absolute Gasteiger partial charge is 0.307 e. The predicted octanol–water partition coefficient (Wildman–Crippen LogP) is 3.27. The van der Waals surface area contributed by atoms with Gasteiger partial charge < -0.3 is 15.2 Å². The third kappa shape index (κ3) is 4.47. The molecule has 0 spiro atoms. The molecule has 1 aliphatic carbocycles. The fourth-order valence-electron chi connectivity index (χ4n) is 2.92. The number of carbonyl (C=O) groups excluding carboxylic acids is 1. The van der Waals surface area contributed by atoms with E-state index in [-0.39, 0.29) is 5.91 Å². The summed E-state index contributed by atoms with van der Waals surface area (Å²) < 4.78 is 5.70. The molecule has 0 bridgehead atoms. The quantitative estimate of drug-likeness (QED) is 0.779. The monoisotopic (exact) mass is 352 g/mol. The van der Waals surface area contributed by atoms with E-state index in [9.17, 15) is 14.7 Å². The number of hydrogen-bond acceptors (Lipinski definition) is 4. The molecule has 1 amide bonds. The molecular weight excluding hydrogens is 332 g/mol. The minimum atomic E-state index is -0.943. The van der Waals surface area contributed by atoms with Gasteiger partial charge in [-0.3, -0.25) is 14.6 Å². The van der Waals surface area contributed by atoms with Crippen molar-refractivity contribution >= 4 is 17.6 Å². The lowest BCUT2D eigenvalue weighted by Gasteiger charge is -2.24. The number of aliphatic carboxylic acids is 1. The van der Waals surface area contributed by atoms with Gasteiger partial charge in [0.2, 0.25) is 5.91 Å². The minimum absolute atomic E-state index is 0.288. The van der Waals surface area contributed by atoms with Gasteiger partial charge in [-0.25, -0.2) is 0 Å². The number of ether oxygens (including phenoxy) is 1. The van der Waals surface area contributed by atoms with Gasteiger partial charge in [-0.15, -0.1) is 0 Å². The molecule has 0 radical (unpaired) electrons. The Bertz CT molecular complexity index is 804. The van der Waals surface area contributed by atoms with Crippen molar-refractivity contribution in [1.82, 2.24) is 4.98 Å². The second kappa shape index (κ2) is 8.29. The topological polar surface area (TPSA) is 88.5 Å². The molecule has 0 unspecified atom stereocenters. The van der Waals surface area contributed by atoms with E-state index in [0.717, 1.165) is 5.69 Å². The Morgan fingerprint density at radius 2 is 1.92 bits per heavy atom. The van der Waals surface area contributed by atoms with Crippen LogP contribution in [-0.4, -0.2) is 22.0 Å². The zero-order valence-corrected chi connectivity index (χ0v) is 14.2. The first kappa shape index (κ1) is 17.7. The Balaban J connectivity index is 1.63. The predicted molar refractivity (Wildman–Crippen MR) is 96.6 cm³/mol. The standard InChI is InChI=1S/C20H20N2O4/c23-19(17-9-1-2-10-18(17)20(24)25)22-14-7-5-8-16(12-14)26-13-15-6-3-4-11-21-15/h1-8,11-12,17-18H,9-10,13H2,(H,22,23)(H,24,25)/t17-,18-/m0/s1. The second-order valence-electron chi connectivity index (χ2n) is 6.12. The number of pyridine rings is 1. The van der Waals surface area contributed by atoms with E-state index in [2.05, 4.69) is 10.3 Å². The van der Waals surface area contributed by atoms with Crippen LogP contribution in [-0.2, 0) is 16.2 Å². The molecule has 2 atom stereocenters. The van der Waals surface area contributed by atoms with Gasteiger partial charge in [0.05, 0.1) is 17.5 Å². The molecule has 1 aliphatic rings. The first-order valence-electron chi connectivity index (χ1n) is 8.45. The summed E-state index contributed by atoms with van der Waals surface area (Å²) in [6.07, 6.45) is 6.18. The number of aromatic nitrogens is 1. The summed E-state index contributed by atoms with van der Waals surface area (Å²) in [5, 5.41) is 12.1. The largest absolute Gasteiger partial charge is 0.487 e. The van der Waals surface area contributed by atoms with Crippen molar-refractivity contribution in [3.8, 4) is 5.75 Å². The van der Waals surface area contributed by atoms with Crippen molar-refractivity contribution in [3.05, 3.63) is 66.5 Å². The molecule has 1 aromatic carbocycles. The molecule has 1 heterocycles. The Labute approximate surface area is 151 Å². The van der Waals surface area contributed by atoms with Crippen molar-refractivity contribution in [2.24, 2.45) is 11.8 Å². The maximum absolute atomic E-state index is 12.5. The molecule has 1 aromatic heterocycles. The van der Waals surface area contributed by atoms with Crippen LogP contribution >= 0.6 is 0 Å². The van der Waals surface area contributed by atoms with Crippen molar-refractivity contribution in [3.63, 3.8) is 0 Å². The zero-order valence-electron chi connectivity index (χ0n) is 14.2. The summed E-state index contributed by atoms with van der Waals surface area (Å²) in [5.41, 5.74) is 1.38. The lowest BCUT2D eigenvalue weighted by molar-refractivity contribution is -0.146. The summed E-state index contributed by atoms with van der Waals surface area (Å²) in [4.78, 5) is 28.1. The van der Waals surface area contributed by atoms with Crippen LogP contribution in [0.3, 0.4) is 0 Å². The number of nitrogens with zero attached hydrogens (tertiary/aromatic N) is 1. The first-order valence-corrected chi connectivity index (χ1v) is 8.45. The summed E-state index contributed by atoms with van der Waals surface area (Å²) in [5.74, 6) is -1.89. The lowest BCUT2D eigenvalue weighted by Crippen LogP contribution is -2.34. The lowest BCUT2D eigenvalue weighted by atomic mass is 9.82. The first-order chi connectivity index (χ1) is 12.6. The molecule has 0 saturated carbocycles. The number of carboxylic acid groups (broad SMARTS) is 1. The fourth-order valence-corrected chi connectivity index (χ4v) is 2.92. The van der Waals surface area contributed by atoms with E-state index in [4.69, 9.17) is 4.74 Å². The zero-order chi connectivity index (χ0) is 18.4. The van der Waals surface area contributed by atoms with Crippen LogP contribution in [0.4, 0.5) is 5.69 Å². The van der Waals surface area contributed by atoms with E-state index in [1.807, 2.05) is 30.4 Å². The highest BCUT2D eigenvalue weighted by Gasteiger charge is 2.33. The molecule has 6 nitrogen and oxygen atoms in total. The number of benzene rings is 1. The summed E-state index contributed by atoms with van der Waals surface area (Å²) in [6, 6.07) is 12.6. The number of carboxylic acids is 1. The highest BCUT2D eigenvalue weighted by Crippen LogP contribution is 2.28. The van der Waals surface area contributed by atoms with E-state index < -0.39 is 17.8 Å².